The number of hydrogen-bond acceptors (Lipinski definition) is 6. The van der Waals surface area contributed by atoms with Gasteiger partial charge in [0.25, 0.3) is 0 Å². The predicted molar refractivity (Wildman–Crippen MR) is 533 cm³/mol. The summed E-state index contributed by atoms with van der Waals surface area (Å²) >= 11 is 0. The molecule has 32 aromatic rings. The molecule has 0 atom stereocenters. The van der Waals surface area contributed by atoms with E-state index in [1.165, 1.54) is 185 Å². The Morgan fingerprint density at radius 3 is 0.734 bits per heavy atom. The van der Waals surface area contributed by atoms with Gasteiger partial charge in [-0.05, 0) is 291 Å². The van der Waals surface area contributed by atoms with E-state index in [-0.39, 0.29) is 0 Å². The molecule has 10 heterocycles. The lowest BCUT2D eigenvalue weighted by atomic mass is 9.96. The number of aromatic nitrogens is 2. The van der Waals surface area contributed by atoms with Crippen LogP contribution in [0.15, 0.2) is 403 Å². The highest BCUT2D eigenvalue weighted by molar-refractivity contribution is 6.38. The second-order valence-corrected chi connectivity index (χ2v) is 35.3. The Hall–Kier alpha value is -17.2. The quantitative estimate of drug-likeness (QED) is 0.174. The second-order valence-electron chi connectivity index (χ2n) is 35.3. The van der Waals surface area contributed by atoms with E-state index >= 15 is 0 Å². The number of para-hydroxylation sites is 4. The molecular weight excluding hydrogens is 1570 g/mol. The first-order chi connectivity index (χ1) is 63.3. The normalized spacial score (nSPS) is 12.7. The fraction of sp³-hybridized carbons (Fsp3) is 0. The predicted octanol–water partition coefficient (Wildman–Crippen LogP) is 34.7. The minimum absolute atomic E-state index is 0.901. The van der Waals surface area contributed by atoms with Crippen LogP contribution in [0.25, 0.3) is 317 Å². The summed E-state index contributed by atoms with van der Waals surface area (Å²) in [7, 11) is 0. The van der Waals surface area contributed by atoms with Crippen LogP contribution in [-0.2, 0) is 0 Å². The van der Waals surface area contributed by atoms with Crippen molar-refractivity contribution in [2.45, 2.75) is 0 Å². The van der Waals surface area contributed by atoms with Crippen LogP contribution in [-0.4, -0.2) is 8.80 Å². The van der Waals surface area contributed by atoms with Crippen molar-refractivity contribution in [2.75, 3.05) is 0 Å². The Labute approximate surface area is 723 Å². The lowest BCUT2D eigenvalue weighted by molar-refractivity contribution is 0.668. The lowest BCUT2D eigenvalue weighted by Crippen LogP contribution is -1.84. The molecule has 0 amide bonds. The largest absolute Gasteiger partial charge is 0.456 e. The molecule has 0 saturated heterocycles. The standard InChI is InChI=1S/C64H33NO3.C56H29NO3/c1-3-9-36-31-59-50(24-34(36)7-1)48-26-40(17-19-57(48)66-59)38-13-15-42-23-47-52-33-61-62(46-11-5-6-12-56(46)68-61)63-53-28-43-16-14-39(22-45(43)30-55(53)65(64(52)63)54(47)29-44(42)21-38)41-18-20-58-49(27-41)51-25-35-8-2-4-10-37(35)32-60(51)67-58;1-4-10-48-38(7-1)42-24-32(17-19-51(42)58-48)30-13-15-34-23-41-44-29-53-54(40-9-3-6-12-50(40)60-53)55-45-26-35-16-14-31(33-18-20-52-43(25-33)39-8-2-5-11-49(39)59-52)22-37(35)28-47(45)57(56(44)55)46(41)27-36(34)21-30/h1-33H;1-29H. The lowest BCUT2D eigenvalue weighted by Gasteiger charge is -2.08. The van der Waals surface area contributed by atoms with Crippen LogP contribution >= 0.6 is 0 Å². The smallest absolute Gasteiger partial charge is 0.136 e. The van der Waals surface area contributed by atoms with E-state index in [9.17, 15) is 0 Å². The van der Waals surface area contributed by atoms with Crippen LogP contribution < -0.4 is 0 Å². The summed E-state index contributed by atoms with van der Waals surface area (Å²) in [5.74, 6) is 0. The van der Waals surface area contributed by atoms with Crippen molar-refractivity contribution < 1.29 is 26.5 Å². The summed E-state index contributed by atoms with van der Waals surface area (Å²) in [6.07, 6.45) is 0. The average Bonchev–Trinajstić information content (AvgIpc) is 1.52. The fourth-order valence-corrected chi connectivity index (χ4v) is 22.4. The van der Waals surface area contributed by atoms with Gasteiger partial charge in [-0.1, -0.05) is 194 Å². The van der Waals surface area contributed by atoms with Gasteiger partial charge in [0.1, 0.15) is 67.0 Å². The van der Waals surface area contributed by atoms with Gasteiger partial charge in [-0.2, -0.15) is 0 Å². The summed E-state index contributed by atoms with van der Waals surface area (Å²) < 4.78 is 43.5. The molecule has 0 unspecified atom stereocenters. The first-order valence-corrected chi connectivity index (χ1v) is 43.7. The van der Waals surface area contributed by atoms with Gasteiger partial charge in [0.05, 0.1) is 33.1 Å². The van der Waals surface area contributed by atoms with Gasteiger partial charge in [-0.3, -0.25) is 0 Å². The van der Waals surface area contributed by atoms with Gasteiger partial charge < -0.3 is 35.3 Å². The second kappa shape index (κ2) is 24.4. The van der Waals surface area contributed by atoms with Gasteiger partial charge in [0.2, 0.25) is 0 Å². The summed E-state index contributed by atoms with van der Waals surface area (Å²) in [5, 5.41) is 37.9. The highest BCUT2D eigenvalue weighted by Gasteiger charge is 2.28. The van der Waals surface area contributed by atoms with Crippen LogP contribution in [0.5, 0.6) is 0 Å². The molecule has 0 aliphatic rings. The van der Waals surface area contributed by atoms with Crippen molar-refractivity contribution in [3.8, 4) is 44.5 Å². The van der Waals surface area contributed by atoms with Crippen molar-refractivity contribution in [1.82, 2.24) is 8.80 Å². The van der Waals surface area contributed by atoms with Gasteiger partial charge in [0.15, 0.2) is 0 Å². The SMILES string of the molecule is c1ccc2c(c1)oc1ccc(-c3ccc4cc5c6cc7oc8ccccc8c7c7c8cc9ccc(-c%10ccc%11oc%12ccccc%12c%11c%10)cc9cc8n(c5cc4c3)c67)cc12.c1ccc2cc3c(cc2c1)oc1ccc(-c2ccc4cc5c6cc7oc8ccccc8c7c7c8cc9ccc(-c%10ccc%11oc%12cc%13ccccc%13cc%12c%11c%10)cc9cc8n(c5cc4c2)c67)cc13. The zero-order valence-electron chi connectivity index (χ0n) is 68.1. The van der Waals surface area contributed by atoms with Crippen LogP contribution in [0.1, 0.15) is 0 Å². The van der Waals surface area contributed by atoms with Gasteiger partial charge in [0, 0.05) is 108 Å². The fourth-order valence-electron chi connectivity index (χ4n) is 22.4. The van der Waals surface area contributed by atoms with Crippen LogP contribution in [0.4, 0.5) is 0 Å². The topological polar surface area (TPSA) is 87.7 Å². The summed E-state index contributed by atoms with van der Waals surface area (Å²) in [5.41, 5.74) is 27.5. The van der Waals surface area contributed by atoms with E-state index < -0.39 is 0 Å². The molecule has 32 rings (SSSR count). The van der Waals surface area contributed by atoms with Crippen molar-refractivity contribution >= 4 is 272 Å². The Morgan fingerprint density at radius 1 is 0.125 bits per heavy atom. The minimum Gasteiger partial charge on any atom is -0.456 e. The maximum Gasteiger partial charge on any atom is 0.136 e. The van der Waals surface area contributed by atoms with Gasteiger partial charge in [-0.15, -0.1) is 0 Å². The number of rotatable bonds is 4. The third kappa shape index (κ3) is 9.30. The average molecular weight is 1630 g/mol. The molecule has 0 fully saturated rings. The van der Waals surface area contributed by atoms with Crippen molar-refractivity contribution in [3.05, 3.63) is 376 Å². The van der Waals surface area contributed by atoms with Crippen molar-refractivity contribution in [3.63, 3.8) is 0 Å². The molecular formula is C120H62N2O6. The van der Waals surface area contributed by atoms with E-state index in [1.807, 2.05) is 24.3 Å². The number of furan rings is 6. The highest BCUT2D eigenvalue weighted by Crippen LogP contribution is 2.52. The molecule has 22 aromatic carbocycles. The molecule has 0 radical (unpaired) electrons. The Balaban J connectivity index is 0.000000123. The van der Waals surface area contributed by atoms with Crippen molar-refractivity contribution in [1.29, 1.82) is 0 Å². The van der Waals surface area contributed by atoms with E-state index in [0.717, 1.165) is 132 Å². The Kier molecular flexibility index (Phi) is 12.8. The molecule has 10 aromatic heterocycles. The number of nitrogens with zero attached hydrogens (tertiary/aromatic N) is 2. The zero-order valence-corrected chi connectivity index (χ0v) is 68.1. The van der Waals surface area contributed by atoms with E-state index in [2.05, 4.69) is 361 Å². The minimum atomic E-state index is 0.901. The monoisotopic (exact) mass is 1630 g/mol. The Morgan fingerprint density at radius 2 is 0.367 bits per heavy atom. The maximum absolute atomic E-state index is 6.69. The molecule has 8 heteroatoms. The molecule has 0 aliphatic heterocycles. The first kappa shape index (κ1) is 67.4. The van der Waals surface area contributed by atoms with Crippen LogP contribution in [0, 0.1) is 0 Å². The molecule has 0 spiro atoms. The molecule has 588 valence electrons. The van der Waals surface area contributed by atoms with E-state index in [0.29, 0.717) is 0 Å². The number of fused-ring (bicyclic) bond motifs is 38. The van der Waals surface area contributed by atoms with Crippen molar-refractivity contribution in [2.24, 2.45) is 0 Å². The third-order valence-corrected chi connectivity index (χ3v) is 28.4. The first-order valence-electron chi connectivity index (χ1n) is 43.7. The summed E-state index contributed by atoms with van der Waals surface area (Å²) in [6.45, 7) is 0. The molecule has 0 bridgehead atoms. The Bertz CT molecular complexity index is 10700. The third-order valence-electron chi connectivity index (χ3n) is 28.4. The van der Waals surface area contributed by atoms with E-state index in [1.54, 1.807) is 0 Å². The summed E-state index contributed by atoms with van der Waals surface area (Å²) in [4.78, 5) is 0. The van der Waals surface area contributed by atoms with Crippen LogP contribution in [0.3, 0.4) is 0 Å². The van der Waals surface area contributed by atoms with Crippen LogP contribution in [0.2, 0.25) is 0 Å². The summed E-state index contributed by atoms with van der Waals surface area (Å²) in [6, 6.07) is 137. The highest BCUT2D eigenvalue weighted by atomic mass is 16.3. The molecule has 0 saturated carbocycles. The number of hydrogen-bond donors (Lipinski definition) is 0. The maximum atomic E-state index is 6.69. The molecule has 0 N–H and O–H groups in total. The van der Waals surface area contributed by atoms with Gasteiger partial charge in [-0.25, -0.2) is 0 Å². The van der Waals surface area contributed by atoms with Gasteiger partial charge >= 0.3 is 0 Å². The molecule has 0 aliphatic carbocycles. The zero-order chi connectivity index (χ0) is 82.7. The number of benzene rings is 22. The molecule has 8 nitrogen and oxygen atoms in total. The van der Waals surface area contributed by atoms with E-state index in [4.69, 9.17) is 26.5 Å². The molecule has 128 heavy (non-hydrogen) atoms.